The lowest BCUT2D eigenvalue weighted by Crippen LogP contribution is -2.51. The summed E-state index contributed by atoms with van der Waals surface area (Å²) in [6, 6.07) is 4.91. The van der Waals surface area contributed by atoms with Crippen molar-refractivity contribution in [3.05, 3.63) is 29.8 Å². The minimum Gasteiger partial charge on any atom is -0.406 e. The number of carbonyl (C=O) groups is 1. The van der Waals surface area contributed by atoms with Crippen molar-refractivity contribution in [2.75, 3.05) is 32.7 Å². The molecule has 0 spiro atoms. The zero-order valence-electron chi connectivity index (χ0n) is 13.6. The molecule has 5 nitrogen and oxygen atoms in total. The van der Waals surface area contributed by atoms with Gasteiger partial charge in [-0.1, -0.05) is 0 Å². The Morgan fingerprint density at radius 2 is 1.67 bits per heavy atom. The fraction of sp³-hybridized carbons (Fsp3) is 0.562. The number of hydrogen-bond acceptors (Lipinski definition) is 4. The Bertz CT molecular complexity index is 559. The molecule has 0 aliphatic carbocycles. The molecule has 1 amide bonds. The van der Waals surface area contributed by atoms with E-state index >= 15 is 0 Å². The number of carbonyl (C=O) groups excluding carboxylic acids is 1. The molecule has 1 saturated heterocycles. The highest BCUT2D eigenvalue weighted by molar-refractivity contribution is 5.94. The van der Waals surface area contributed by atoms with Crippen molar-refractivity contribution in [1.29, 1.82) is 0 Å². The molecule has 0 unspecified atom stereocenters. The van der Waals surface area contributed by atoms with E-state index in [4.69, 9.17) is 0 Å². The quantitative estimate of drug-likeness (QED) is 0.907. The predicted molar refractivity (Wildman–Crippen MR) is 81.8 cm³/mol. The highest BCUT2D eigenvalue weighted by Crippen LogP contribution is 2.23. The lowest BCUT2D eigenvalue weighted by Gasteiger charge is -2.37. The van der Waals surface area contributed by atoms with Crippen LogP contribution in [-0.4, -0.2) is 65.5 Å². The minimum absolute atomic E-state index is 0.225. The fourth-order valence-corrected chi connectivity index (χ4v) is 2.64. The molecular weight excluding hydrogens is 325 g/mol. The normalized spacial score (nSPS) is 17.0. The molecule has 24 heavy (non-hydrogen) atoms. The molecule has 8 heteroatoms. The monoisotopic (exact) mass is 346 g/mol. The van der Waals surface area contributed by atoms with Crippen LogP contribution in [0.2, 0.25) is 0 Å². The molecule has 0 radical (unpaired) electrons. The first-order valence-corrected chi connectivity index (χ1v) is 7.63. The van der Waals surface area contributed by atoms with E-state index in [1.165, 1.54) is 12.1 Å². The van der Waals surface area contributed by atoms with Crippen molar-refractivity contribution in [3.8, 4) is 5.75 Å². The molecule has 1 heterocycles. The number of ether oxygens (including phenoxy) is 1. The first-order chi connectivity index (χ1) is 11.0. The molecule has 134 valence electrons. The fourth-order valence-electron chi connectivity index (χ4n) is 2.64. The van der Waals surface area contributed by atoms with Gasteiger partial charge in [0.1, 0.15) is 5.75 Å². The Hall–Kier alpha value is -1.80. The summed E-state index contributed by atoms with van der Waals surface area (Å²) in [6.07, 6.45) is -4.75. The molecule has 1 aliphatic rings. The maximum absolute atomic E-state index is 12.4. The van der Waals surface area contributed by atoms with Crippen molar-refractivity contribution in [2.45, 2.75) is 25.8 Å². The number of β-amino-alcohol motifs (C(OH)–C–C–N with tert-alkyl or cyclic N) is 1. The van der Waals surface area contributed by atoms with Gasteiger partial charge in [0, 0.05) is 38.3 Å². The van der Waals surface area contributed by atoms with E-state index in [2.05, 4.69) is 9.64 Å². The van der Waals surface area contributed by atoms with Crippen molar-refractivity contribution in [1.82, 2.24) is 9.80 Å². The lowest BCUT2D eigenvalue weighted by molar-refractivity contribution is -0.274. The Labute approximate surface area is 138 Å². The molecule has 1 N–H and O–H groups in total. The number of benzene rings is 1. The van der Waals surface area contributed by atoms with Crippen molar-refractivity contribution < 1.29 is 27.8 Å². The summed E-state index contributed by atoms with van der Waals surface area (Å²) >= 11 is 0. The number of nitrogens with zero attached hydrogens (tertiary/aromatic N) is 2. The summed E-state index contributed by atoms with van der Waals surface area (Å²) in [5.74, 6) is -0.578. The van der Waals surface area contributed by atoms with Gasteiger partial charge < -0.3 is 14.7 Å². The second-order valence-electron chi connectivity index (χ2n) is 6.45. The van der Waals surface area contributed by atoms with E-state index in [0.717, 1.165) is 12.1 Å². The molecule has 1 fully saturated rings. The Morgan fingerprint density at radius 1 is 1.12 bits per heavy atom. The SMILES string of the molecule is CC(C)(O)CN1CCN(C(=O)c2ccc(OC(F)(F)F)cc2)CC1. The van der Waals surface area contributed by atoms with E-state index < -0.39 is 12.0 Å². The number of amides is 1. The van der Waals surface area contributed by atoms with Gasteiger partial charge in [-0.3, -0.25) is 9.69 Å². The van der Waals surface area contributed by atoms with Crippen LogP contribution in [0.3, 0.4) is 0 Å². The molecule has 0 bridgehead atoms. The van der Waals surface area contributed by atoms with Crippen molar-refractivity contribution >= 4 is 5.91 Å². The van der Waals surface area contributed by atoms with Gasteiger partial charge >= 0.3 is 6.36 Å². The van der Waals surface area contributed by atoms with Gasteiger partial charge in [0.15, 0.2) is 0 Å². The van der Waals surface area contributed by atoms with Crippen molar-refractivity contribution in [3.63, 3.8) is 0 Å². The summed E-state index contributed by atoms with van der Waals surface area (Å²) in [6.45, 7) is 6.30. The summed E-state index contributed by atoms with van der Waals surface area (Å²) in [7, 11) is 0. The van der Waals surface area contributed by atoms with E-state index in [1.807, 2.05) is 0 Å². The average molecular weight is 346 g/mol. The zero-order valence-corrected chi connectivity index (χ0v) is 13.6. The number of piperazine rings is 1. The number of hydrogen-bond donors (Lipinski definition) is 1. The molecule has 0 atom stereocenters. The molecule has 1 aromatic carbocycles. The zero-order chi connectivity index (χ0) is 18.0. The van der Waals surface area contributed by atoms with E-state index in [1.54, 1.807) is 18.7 Å². The van der Waals surface area contributed by atoms with Crippen LogP contribution in [0.1, 0.15) is 24.2 Å². The largest absolute Gasteiger partial charge is 0.573 e. The Kier molecular flexibility index (Phi) is 5.39. The third-order valence-electron chi connectivity index (χ3n) is 3.60. The Balaban J connectivity index is 1.91. The van der Waals surface area contributed by atoms with Crippen LogP contribution in [0.25, 0.3) is 0 Å². The van der Waals surface area contributed by atoms with E-state index in [9.17, 15) is 23.1 Å². The van der Waals surface area contributed by atoms with Crippen LogP contribution in [0, 0.1) is 0 Å². The van der Waals surface area contributed by atoms with Crippen LogP contribution >= 0.6 is 0 Å². The molecule has 1 aliphatic heterocycles. The second kappa shape index (κ2) is 6.98. The topological polar surface area (TPSA) is 53.0 Å². The third kappa shape index (κ3) is 5.68. The highest BCUT2D eigenvalue weighted by atomic mass is 19.4. The van der Waals surface area contributed by atoms with Crippen LogP contribution < -0.4 is 4.74 Å². The number of alkyl halides is 3. The maximum atomic E-state index is 12.4. The predicted octanol–water partition coefficient (Wildman–Crippen LogP) is 2.11. The standard InChI is InChI=1S/C16H21F3N2O3/c1-15(2,23)11-20-7-9-21(10-8-20)14(22)12-3-5-13(6-4-12)24-16(17,18)19/h3-6,23H,7-11H2,1-2H3. The first kappa shape index (κ1) is 18.5. The molecule has 2 rings (SSSR count). The summed E-state index contributed by atoms with van der Waals surface area (Å²) in [4.78, 5) is 16.1. The van der Waals surface area contributed by atoms with Crippen LogP contribution in [0.15, 0.2) is 24.3 Å². The van der Waals surface area contributed by atoms with Gasteiger partial charge in [0.2, 0.25) is 0 Å². The summed E-state index contributed by atoms with van der Waals surface area (Å²) < 4.78 is 40.2. The number of halogens is 3. The van der Waals surface area contributed by atoms with Gasteiger partial charge in [-0.05, 0) is 38.1 Å². The van der Waals surface area contributed by atoms with Crippen LogP contribution in [-0.2, 0) is 0 Å². The highest BCUT2D eigenvalue weighted by Gasteiger charge is 2.31. The third-order valence-corrected chi connectivity index (χ3v) is 3.60. The Morgan fingerprint density at radius 3 is 2.12 bits per heavy atom. The van der Waals surface area contributed by atoms with Crippen molar-refractivity contribution in [2.24, 2.45) is 0 Å². The molecule has 0 aromatic heterocycles. The van der Waals surface area contributed by atoms with Gasteiger partial charge in [-0.25, -0.2) is 0 Å². The molecular formula is C16H21F3N2O3. The molecule has 0 saturated carbocycles. The summed E-state index contributed by atoms with van der Waals surface area (Å²) in [5.41, 5.74) is -0.471. The maximum Gasteiger partial charge on any atom is 0.573 e. The average Bonchev–Trinajstić information content (AvgIpc) is 2.45. The lowest BCUT2D eigenvalue weighted by atomic mass is 10.1. The smallest absolute Gasteiger partial charge is 0.406 e. The first-order valence-electron chi connectivity index (χ1n) is 7.63. The molecule has 1 aromatic rings. The number of rotatable bonds is 4. The van der Waals surface area contributed by atoms with Gasteiger partial charge in [-0.15, -0.1) is 13.2 Å². The minimum atomic E-state index is -4.75. The van der Waals surface area contributed by atoms with Crippen LogP contribution in [0.5, 0.6) is 5.75 Å². The summed E-state index contributed by atoms with van der Waals surface area (Å²) in [5, 5.41) is 9.82. The van der Waals surface area contributed by atoms with E-state index in [-0.39, 0.29) is 11.7 Å². The number of aliphatic hydroxyl groups is 1. The van der Waals surface area contributed by atoms with Crippen LogP contribution in [0.4, 0.5) is 13.2 Å². The van der Waals surface area contributed by atoms with Gasteiger partial charge in [0.25, 0.3) is 5.91 Å². The van der Waals surface area contributed by atoms with E-state index in [0.29, 0.717) is 38.3 Å². The van der Waals surface area contributed by atoms with Gasteiger partial charge in [-0.2, -0.15) is 0 Å². The second-order valence-corrected chi connectivity index (χ2v) is 6.45. The van der Waals surface area contributed by atoms with Gasteiger partial charge in [0.05, 0.1) is 5.60 Å².